The van der Waals surface area contributed by atoms with Crippen LogP contribution in [0.2, 0.25) is 10.0 Å². The van der Waals surface area contributed by atoms with Gasteiger partial charge in [0, 0.05) is 18.6 Å². The predicted molar refractivity (Wildman–Crippen MR) is 123 cm³/mol. The molecule has 0 aliphatic carbocycles. The van der Waals surface area contributed by atoms with Gasteiger partial charge in [0.25, 0.3) is 5.91 Å². The number of hydrogen-bond acceptors (Lipinski definition) is 5. The number of rotatable bonds is 7. The Hall–Kier alpha value is -1.81. The van der Waals surface area contributed by atoms with Crippen LogP contribution in [-0.4, -0.2) is 47.4 Å². The summed E-state index contributed by atoms with van der Waals surface area (Å²) in [6.45, 7) is -0.500. The van der Waals surface area contributed by atoms with E-state index in [4.69, 9.17) is 23.2 Å². The lowest BCUT2D eigenvalue weighted by molar-refractivity contribution is -0.119. The zero-order valence-electron chi connectivity index (χ0n) is 15.9. The van der Waals surface area contributed by atoms with Crippen LogP contribution in [-0.2, 0) is 14.8 Å². The summed E-state index contributed by atoms with van der Waals surface area (Å²) in [5.74, 6) is -0.633. The van der Waals surface area contributed by atoms with Crippen LogP contribution in [0.5, 0.6) is 0 Å². The molecule has 0 saturated carbocycles. The second-order valence-corrected chi connectivity index (χ2v) is 9.79. The smallest absolute Gasteiger partial charge is 0.260 e. The molecule has 0 aliphatic heterocycles. The predicted octanol–water partition coefficient (Wildman–Crippen LogP) is 3.74. The molecule has 0 radical (unpaired) electrons. The van der Waals surface area contributed by atoms with E-state index in [1.54, 1.807) is 6.07 Å². The average Bonchev–Trinajstić information content (AvgIpc) is 2.61. The van der Waals surface area contributed by atoms with Crippen LogP contribution in [0.1, 0.15) is 5.56 Å². The molecule has 11 heteroatoms. The zero-order chi connectivity index (χ0) is 21.8. The van der Waals surface area contributed by atoms with Crippen LogP contribution in [0.25, 0.3) is 0 Å². The van der Waals surface area contributed by atoms with Crippen LogP contribution in [0.4, 0.5) is 11.4 Å². The van der Waals surface area contributed by atoms with Crippen molar-refractivity contribution in [3.05, 3.63) is 56.5 Å². The van der Waals surface area contributed by atoms with Gasteiger partial charge in [0.15, 0.2) is 0 Å². The van der Waals surface area contributed by atoms with Crippen molar-refractivity contribution in [1.82, 2.24) is 5.43 Å². The molecule has 1 N–H and O–H groups in total. The highest BCUT2D eigenvalue weighted by Gasteiger charge is 2.23. The number of benzene rings is 2. The Morgan fingerprint density at radius 2 is 1.90 bits per heavy atom. The van der Waals surface area contributed by atoms with E-state index in [1.807, 2.05) is 37.2 Å². The number of carbonyl (C=O) groups is 1. The number of amides is 1. The number of carbonyl (C=O) groups excluding carboxylic acids is 1. The number of halogens is 3. The van der Waals surface area contributed by atoms with E-state index in [1.165, 1.54) is 18.3 Å². The molecule has 0 heterocycles. The highest BCUT2D eigenvalue weighted by atomic mass is 79.9. The molecule has 0 spiro atoms. The van der Waals surface area contributed by atoms with Crippen molar-refractivity contribution in [2.24, 2.45) is 5.10 Å². The van der Waals surface area contributed by atoms with Crippen molar-refractivity contribution in [2.75, 3.05) is 36.1 Å². The van der Waals surface area contributed by atoms with Gasteiger partial charge in [-0.1, -0.05) is 35.3 Å². The standard InChI is InChI=1S/C18H19BrCl2N4O3S/c1-24(2)15-8-7-12(9-13(15)19)10-22-23-17(26)11-25(29(3,27)28)16-6-4-5-14(20)18(16)21/h4-10H,11H2,1-3H3,(H,23,26)/b22-10-. The SMILES string of the molecule is CN(C)c1ccc(/C=N\NC(=O)CN(c2cccc(Cl)c2Cl)S(C)(=O)=O)cc1Br. The lowest BCUT2D eigenvalue weighted by Crippen LogP contribution is -2.39. The Labute approximate surface area is 188 Å². The van der Waals surface area contributed by atoms with Crippen LogP contribution < -0.4 is 14.6 Å². The molecule has 0 bridgehead atoms. The largest absolute Gasteiger partial charge is 0.377 e. The number of anilines is 2. The monoisotopic (exact) mass is 520 g/mol. The maximum Gasteiger partial charge on any atom is 0.260 e. The zero-order valence-corrected chi connectivity index (χ0v) is 19.8. The minimum atomic E-state index is -3.78. The van der Waals surface area contributed by atoms with E-state index >= 15 is 0 Å². The van der Waals surface area contributed by atoms with Crippen molar-refractivity contribution in [3.63, 3.8) is 0 Å². The second kappa shape index (κ2) is 9.80. The number of nitrogens with one attached hydrogen (secondary N) is 1. The van der Waals surface area contributed by atoms with Gasteiger partial charge in [0.05, 0.1) is 33.9 Å². The summed E-state index contributed by atoms with van der Waals surface area (Å²) >= 11 is 15.5. The third kappa shape index (κ3) is 6.33. The molecule has 2 aromatic rings. The maximum absolute atomic E-state index is 12.2. The highest BCUT2D eigenvalue weighted by molar-refractivity contribution is 9.10. The first kappa shape index (κ1) is 23.5. The lowest BCUT2D eigenvalue weighted by Gasteiger charge is -2.22. The van der Waals surface area contributed by atoms with Crippen molar-refractivity contribution < 1.29 is 13.2 Å². The first-order valence-electron chi connectivity index (χ1n) is 8.21. The molecule has 29 heavy (non-hydrogen) atoms. The summed E-state index contributed by atoms with van der Waals surface area (Å²) < 4.78 is 26.0. The summed E-state index contributed by atoms with van der Waals surface area (Å²) in [6, 6.07) is 10.1. The first-order valence-corrected chi connectivity index (χ1v) is 11.6. The highest BCUT2D eigenvalue weighted by Crippen LogP contribution is 2.33. The minimum absolute atomic E-state index is 0.0433. The molecule has 0 aromatic heterocycles. The summed E-state index contributed by atoms with van der Waals surface area (Å²) in [6.07, 6.45) is 2.43. The Bertz CT molecular complexity index is 1050. The van der Waals surface area contributed by atoms with Crippen LogP contribution in [0, 0.1) is 0 Å². The number of nitrogens with zero attached hydrogens (tertiary/aromatic N) is 3. The second-order valence-electron chi connectivity index (χ2n) is 6.24. The molecule has 0 unspecified atom stereocenters. The third-order valence-electron chi connectivity index (χ3n) is 3.74. The van der Waals surface area contributed by atoms with Crippen molar-refractivity contribution in [1.29, 1.82) is 0 Å². The van der Waals surface area contributed by atoms with E-state index in [-0.39, 0.29) is 15.7 Å². The Morgan fingerprint density at radius 3 is 2.48 bits per heavy atom. The van der Waals surface area contributed by atoms with Crippen molar-refractivity contribution in [2.45, 2.75) is 0 Å². The van der Waals surface area contributed by atoms with Crippen LogP contribution in [0.3, 0.4) is 0 Å². The number of sulfonamides is 1. The average molecular weight is 522 g/mol. The Morgan fingerprint density at radius 1 is 1.21 bits per heavy atom. The Kier molecular flexibility index (Phi) is 7.93. The fraction of sp³-hybridized carbons (Fsp3) is 0.222. The molecule has 0 atom stereocenters. The quantitative estimate of drug-likeness (QED) is 0.444. The first-order chi connectivity index (χ1) is 13.5. The van der Waals surface area contributed by atoms with E-state index in [0.29, 0.717) is 0 Å². The summed E-state index contributed by atoms with van der Waals surface area (Å²) in [4.78, 5) is 14.2. The summed E-state index contributed by atoms with van der Waals surface area (Å²) in [5.41, 5.74) is 4.18. The fourth-order valence-corrected chi connectivity index (χ4v) is 4.44. The van der Waals surface area contributed by atoms with E-state index < -0.39 is 22.5 Å². The summed E-state index contributed by atoms with van der Waals surface area (Å²) in [5, 5.41) is 4.11. The molecular formula is C18H19BrCl2N4O3S. The molecule has 7 nitrogen and oxygen atoms in total. The van der Waals surface area contributed by atoms with Gasteiger partial charge in [-0.3, -0.25) is 9.10 Å². The molecule has 2 rings (SSSR count). The maximum atomic E-state index is 12.2. The molecule has 2 aromatic carbocycles. The number of hydrazone groups is 1. The minimum Gasteiger partial charge on any atom is -0.377 e. The van der Waals surface area contributed by atoms with Gasteiger partial charge >= 0.3 is 0 Å². The molecular weight excluding hydrogens is 503 g/mol. The summed E-state index contributed by atoms with van der Waals surface area (Å²) in [7, 11) is 0.0674. The van der Waals surface area contributed by atoms with E-state index in [0.717, 1.165) is 26.3 Å². The van der Waals surface area contributed by atoms with Gasteiger partial charge in [-0.2, -0.15) is 5.10 Å². The Balaban J connectivity index is 2.12. The van der Waals surface area contributed by atoms with E-state index in [9.17, 15) is 13.2 Å². The van der Waals surface area contributed by atoms with Gasteiger partial charge in [-0.25, -0.2) is 13.8 Å². The van der Waals surface area contributed by atoms with Gasteiger partial charge in [-0.15, -0.1) is 0 Å². The molecule has 1 amide bonds. The van der Waals surface area contributed by atoms with Gasteiger partial charge in [-0.05, 0) is 45.8 Å². The van der Waals surface area contributed by atoms with Gasteiger partial charge in [0.1, 0.15) is 6.54 Å². The third-order valence-corrected chi connectivity index (χ3v) is 6.31. The molecule has 0 fully saturated rings. The normalized spacial score (nSPS) is 11.5. The van der Waals surface area contributed by atoms with Gasteiger partial charge < -0.3 is 4.90 Å². The van der Waals surface area contributed by atoms with Crippen LogP contribution >= 0.6 is 39.1 Å². The van der Waals surface area contributed by atoms with Crippen LogP contribution in [0.15, 0.2) is 46.0 Å². The number of hydrogen-bond donors (Lipinski definition) is 1. The van der Waals surface area contributed by atoms with E-state index in [2.05, 4.69) is 26.5 Å². The molecule has 0 saturated heterocycles. The lowest BCUT2D eigenvalue weighted by atomic mass is 10.2. The van der Waals surface area contributed by atoms with Gasteiger partial charge in [0.2, 0.25) is 10.0 Å². The van der Waals surface area contributed by atoms with Crippen molar-refractivity contribution in [3.8, 4) is 0 Å². The molecule has 156 valence electrons. The molecule has 0 aliphatic rings. The fourth-order valence-electron chi connectivity index (χ4n) is 2.38. The topological polar surface area (TPSA) is 82.1 Å². The van der Waals surface area contributed by atoms with Crippen molar-refractivity contribution >= 4 is 72.7 Å².